The molecule has 24 heavy (non-hydrogen) atoms. The lowest BCUT2D eigenvalue weighted by Gasteiger charge is -2.36. The number of nitrogens with zero attached hydrogens (tertiary/aromatic N) is 3. The van der Waals surface area contributed by atoms with E-state index in [0.29, 0.717) is 31.8 Å². The third-order valence-corrected chi connectivity index (χ3v) is 3.72. The quantitative estimate of drug-likeness (QED) is 0.746. The molecule has 0 saturated carbocycles. The van der Waals surface area contributed by atoms with E-state index in [-0.39, 0.29) is 18.0 Å². The number of rotatable bonds is 5. The SMILES string of the molecule is COc1nccc(OC2CCN(C(=O)C(C)(C)OC(C)=O)CC2)n1. The largest absolute Gasteiger partial charge is 0.474 e. The van der Waals surface area contributed by atoms with Gasteiger partial charge >= 0.3 is 12.0 Å². The average Bonchev–Trinajstić information content (AvgIpc) is 2.54. The Balaban J connectivity index is 1.88. The molecule has 1 fully saturated rings. The van der Waals surface area contributed by atoms with Gasteiger partial charge in [0.25, 0.3) is 5.91 Å². The van der Waals surface area contributed by atoms with Crippen molar-refractivity contribution in [3.8, 4) is 11.9 Å². The molecule has 0 atom stereocenters. The van der Waals surface area contributed by atoms with Crippen molar-refractivity contribution in [1.29, 1.82) is 0 Å². The Hall–Kier alpha value is -2.38. The molecule has 8 nitrogen and oxygen atoms in total. The number of carbonyl (C=O) groups is 2. The Labute approximate surface area is 141 Å². The molecule has 0 radical (unpaired) electrons. The van der Waals surface area contributed by atoms with Crippen LogP contribution in [0.3, 0.4) is 0 Å². The number of esters is 1. The first kappa shape index (κ1) is 18.0. The summed E-state index contributed by atoms with van der Waals surface area (Å²) in [6.07, 6.45) is 2.88. The first-order valence-corrected chi connectivity index (χ1v) is 7.84. The van der Waals surface area contributed by atoms with Gasteiger partial charge in [-0.15, -0.1) is 0 Å². The van der Waals surface area contributed by atoms with Crippen molar-refractivity contribution in [3.63, 3.8) is 0 Å². The number of piperidine rings is 1. The monoisotopic (exact) mass is 337 g/mol. The van der Waals surface area contributed by atoms with E-state index in [2.05, 4.69) is 9.97 Å². The van der Waals surface area contributed by atoms with E-state index >= 15 is 0 Å². The molecule has 0 unspecified atom stereocenters. The predicted octanol–water partition coefficient (Wildman–Crippen LogP) is 1.20. The van der Waals surface area contributed by atoms with E-state index in [1.807, 2.05) is 0 Å². The minimum absolute atomic E-state index is 0.0366. The average molecular weight is 337 g/mol. The fraction of sp³-hybridized carbons (Fsp3) is 0.625. The maximum atomic E-state index is 12.5. The zero-order chi connectivity index (χ0) is 17.7. The molecule has 1 saturated heterocycles. The molecule has 0 spiro atoms. The third-order valence-electron chi connectivity index (χ3n) is 3.72. The lowest BCUT2D eigenvalue weighted by atomic mass is 10.0. The number of aromatic nitrogens is 2. The fourth-order valence-corrected chi connectivity index (χ4v) is 2.62. The van der Waals surface area contributed by atoms with Crippen LogP contribution < -0.4 is 9.47 Å². The van der Waals surface area contributed by atoms with Crippen LogP contribution in [0.4, 0.5) is 0 Å². The zero-order valence-electron chi connectivity index (χ0n) is 14.4. The summed E-state index contributed by atoms with van der Waals surface area (Å²) in [6, 6.07) is 1.92. The molecule has 0 aromatic carbocycles. The summed E-state index contributed by atoms with van der Waals surface area (Å²) in [5, 5.41) is 0. The minimum Gasteiger partial charge on any atom is -0.474 e. The number of hydrogen-bond acceptors (Lipinski definition) is 7. The van der Waals surface area contributed by atoms with Crippen molar-refractivity contribution in [2.24, 2.45) is 0 Å². The predicted molar refractivity (Wildman–Crippen MR) is 84.7 cm³/mol. The van der Waals surface area contributed by atoms with E-state index < -0.39 is 11.6 Å². The van der Waals surface area contributed by atoms with Crippen LogP contribution in [-0.4, -0.2) is 58.6 Å². The Morgan fingerprint density at radius 1 is 1.29 bits per heavy atom. The van der Waals surface area contributed by atoms with Gasteiger partial charge in [0.1, 0.15) is 6.10 Å². The van der Waals surface area contributed by atoms with Crippen molar-refractivity contribution >= 4 is 11.9 Å². The maximum Gasteiger partial charge on any atom is 0.319 e. The molecule has 2 heterocycles. The number of amides is 1. The summed E-state index contributed by atoms with van der Waals surface area (Å²) in [5.41, 5.74) is -1.15. The highest BCUT2D eigenvalue weighted by molar-refractivity contribution is 5.86. The van der Waals surface area contributed by atoms with Crippen molar-refractivity contribution in [2.75, 3.05) is 20.2 Å². The van der Waals surface area contributed by atoms with Gasteiger partial charge in [-0.3, -0.25) is 9.59 Å². The summed E-state index contributed by atoms with van der Waals surface area (Å²) >= 11 is 0. The molecule has 0 N–H and O–H groups in total. The molecule has 1 aliphatic heterocycles. The van der Waals surface area contributed by atoms with Crippen LogP contribution in [0.1, 0.15) is 33.6 Å². The molecule has 0 bridgehead atoms. The van der Waals surface area contributed by atoms with Gasteiger partial charge in [-0.05, 0) is 13.8 Å². The van der Waals surface area contributed by atoms with Crippen LogP contribution in [0.15, 0.2) is 12.3 Å². The van der Waals surface area contributed by atoms with Gasteiger partial charge in [-0.25, -0.2) is 4.98 Å². The third kappa shape index (κ3) is 4.56. The number of likely N-dealkylation sites (tertiary alicyclic amines) is 1. The van der Waals surface area contributed by atoms with Crippen LogP contribution in [0.25, 0.3) is 0 Å². The lowest BCUT2D eigenvalue weighted by molar-refractivity contribution is -0.169. The van der Waals surface area contributed by atoms with Crippen molar-refractivity contribution < 1.29 is 23.8 Å². The fourth-order valence-electron chi connectivity index (χ4n) is 2.62. The van der Waals surface area contributed by atoms with Crippen LogP contribution in [0, 0.1) is 0 Å². The van der Waals surface area contributed by atoms with Crippen LogP contribution in [0.5, 0.6) is 11.9 Å². The minimum atomic E-state index is -1.15. The van der Waals surface area contributed by atoms with Gasteiger partial charge in [0.2, 0.25) is 5.88 Å². The first-order valence-electron chi connectivity index (χ1n) is 7.84. The smallest absolute Gasteiger partial charge is 0.319 e. The summed E-state index contributed by atoms with van der Waals surface area (Å²) < 4.78 is 15.9. The summed E-state index contributed by atoms with van der Waals surface area (Å²) in [5.74, 6) is -0.212. The summed E-state index contributed by atoms with van der Waals surface area (Å²) in [4.78, 5) is 33.3. The van der Waals surface area contributed by atoms with Crippen LogP contribution in [-0.2, 0) is 14.3 Å². The Kier molecular flexibility index (Phi) is 5.58. The molecule has 1 aliphatic rings. The van der Waals surface area contributed by atoms with Gasteiger partial charge in [0.05, 0.1) is 7.11 Å². The van der Waals surface area contributed by atoms with E-state index in [9.17, 15) is 9.59 Å². The highest BCUT2D eigenvalue weighted by atomic mass is 16.6. The van der Waals surface area contributed by atoms with E-state index in [1.165, 1.54) is 14.0 Å². The van der Waals surface area contributed by atoms with Crippen molar-refractivity contribution in [2.45, 2.75) is 45.3 Å². The van der Waals surface area contributed by atoms with Crippen LogP contribution in [0.2, 0.25) is 0 Å². The molecule has 1 aromatic rings. The highest BCUT2D eigenvalue weighted by Crippen LogP contribution is 2.21. The van der Waals surface area contributed by atoms with Crippen molar-refractivity contribution in [1.82, 2.24) is 14.9 Å². The number of methoxy groups -OCH3 is 1. The molecule has 2 rings (SSSR count). The van der Waals surface area contributed by atoms with E-state index in [4.69, 9.17) is 14.2 Å². The highest BCUT2D eigenvalue weighted by Gasteiger charge is 2.37. The zero-order valence-corrected chi connectivity index (χ0v) is 14.4. The molecular formula is C16H23N3O5. The Morgan fingerprint density at radius 3 is 2.54 bits per heavy atom. The van der Waals surface area contributed by atoms with Gasteiger partial charge in [0, 0.05) is 45.1 Å². The normalized spacial score (nSPS) is 15.8. The van der Waals surface area contributed by atoms with E-state index in [1.54, 1.807) is 31.0 Å². The first-order chi connectivity index (χ1) is 11.3. The Bertz CT molecular complexity index is 597. The van der Waals surface area contributed by atoms with Crippen LogP contribution >= 0.6 is 0 Å². The second-order valence-corrected chi connectivity index (χ2v) is 6.09. The van der Waals surface area contributed by atoms with Gasteiger partial charge < -0.3 is 19.1 Å². The molecule has 1 amide bonds. The Morgan fingerprint density at radius 2 is 1.96 bits per heavy atom. The molecule has 8 heteroatoms. The molecule has 132 valence electrons. The maximum absolute atomic E-state index is 12.5. The summed E-state index contributed by atoms with van der Waals surface area (Å²) in [6.45, 7) is 5.58. The number of ether oxygens (including phenoxy) is 3. The second-order valence-electron chi connectivity index (χ2n) is 6.09. The molecule has 1 aromatic heterocycles. The van der Waals surface area contributed by atoms with E-state index in [0.717, 1.165) is 0 Å². The number of carbonyl (C=O) groups excluding carboxylic acids is 2. The summed E-state index contributed by atoms with van der Waals surface area (Å²) in [7, 11) is 1.49. The molecule has 0 aliphatic carbocycles. The number of hydrogen-bond donors (Lipinski definition) is 0. The van der Waals surface area contributed by atoms with Gasteiger partial charge in [0.15, 0.2) is 5.60 Å². The van der Waals surface area contributed by atoms with Gasteiger partial charge in [-0.1, -0.05) is 0 Å². The standard InChI is InChI=1S/C16H23N3O5/c1-11(20)24-16(2,3)14(21)19-9-6-12(7-10-19)23-13-5-8-17-15(18-13)22-4/h5,8,12H,6-7,9-10H2,1-4H3. The second kappa shape index (κ2) is 7.46. The lowest BCUT2D eigenvalue weighted by Crippen LogP contribution is -2.51. The topological polar surface area (TPSA) is 90.9 Å². The van der Waals surface area contributed by atoms with Gasteiger partial charge in [-0.2, -0.15) is 4.98 Å². The molecular weight excluding hydrogens is 314 g/mol. The van der Waals surface area contributed by atoms with Crippen molar-refractivity contribution in [3.05, 3.63) is 12.3 Å².